The minimum absolute atomic E-state index is 0.237. The van der Waals surface area contributed by atoms with Crippen molar-refractivity contribution in [1.29, 1.82) is 0 Å². The Morgan fingerprint density at radius 3 is 3.18 bits per heavy atom. The van der Waals surface area contributed by atoms with Crippen LogP contribution in [0.2, 0.25) is 5.02 Å². The molecule has 0 aromatic heterocycles. The van der Waals surface area contributed by atoms with Gasteiger partial charge in [0, 0.05) is 10.9 Å². The molecule has 2 N–H and O–H groups in total. The number of nitrogens with one attached hydrogen (secondary N) is 1. The molecule has 0 fully saturated rings. The Morgan fingerprint density at radius 1 is 1.59 bits per heavy atom. The van der Waals surface area contributed by atoms with Gasteiger partial charge in [-0.25, -0.2) is 0 Å². The van der Waals surface area contributed by atoms with Gasteiger partial charge in [-0.2, -0.15) is 0 Å². The molecule has 1 heterocycles. The van der Waals surface area contributed by atoms with Gasteiger partial charge < -0.3 is 10.4 Å². The maximum atomic E-state index is 9.26. The molecule has 1 aromatic carbocycles. The topological polar surface area (TPSA) is 32.3 Å². The Morgan fingerprint density at radius 2 is 2.41 bits per heavy atom. The predicted octanol–water partition coefficient (Wildman–Crippen LogP) is 3.24. The highest BCUT2D eigenvalue weighted by molar-refractivity contribution is 7.99. The van der Waals surface area contributed by atoms with Gasteiger partial charge in [-0.15, -0.1) is 11.8 Å². The summed E-state index contributed by atoms with van der Waals surface area (Å²) in [5, 5.41) is 13.6. The number of fused-ring (bicyclic) bond motifs is 1. The van der Waals surface area contributed by atoms with E-state index in [1.54, 1.807) is 0 Å². The standard InChI is InChI=1S/C13H18ClNOS/c1-9(16)5-7-15-12-6-8-17-13-10(12)3-2-4-11(13)14/h2-4,9,12,15-16H,5-8H2,1H3. The molecule has 94 valence electrons. The van der Waals surface area contributed by atoms with Crippen molar-refractivity contribution in [2.45, 2.75) is 36.8 Å². The van der Waals surface area contributed by atoms with Crippen LogP contribution in [-0.4, -0.2) is 23.5 Å². The van der Waals surface area contributed by atoms with E-state index in [9.17, 15) is 5.11 Å². The first kappa shape index (κ1) is 13.2. The zero-order chi connectivity index (χ0) is 12.3. The van der Waals surface area contributed by atoms with Gasteiger partial charge in [0.15, 0.2) is 0 Å². The number of hydrogen-bond acceptors (Lipinski definition) is 3. The van der Waals surface area contributed by atoms with Crippen molar-refractivity contribution >= 4 is 23.4 Å². The van der Waals surface area contributed by atoms with Gasteiger partial charge >= 0.3 is 0 Å². The van der Waals surface area contributed by atoms with Crippen molar-refractivity contribution in [3.63, 3.8) is 0 Å². The fourth-order valence-electron chi connectivity index (χ4n) is 2.07. The summed E-state index contributed by atoms with van der Waals surface area (Å²) in [5.41, 5.74) is 1.30. The second-order valence-electron chi connectivity index (χ2n) is 4.44. The molecule has 1 aliphatic rings. The van der Waals surface area contributed by atoms with E-state index in [1.165, 1.54) is 10.5 Å². The average molecular weight is 272 g/mol. The van der Waals surface area contributed by atoms with Crippen molar-refractivity contribution in [2.75, 3.05) is 12.3 Å². The van der Waals surface area contributed by atoms with Crippen LogP contribution in [0, 0.1) is 0 Å². The number of halogens is 1. The zero-order valence-electron chi connectivity index (χ0n) is 9.95. The summed E-state index contributed by atoms with van der Waals surface area (Å²) >= 11 is 8.04. The van der Waals surface area contributed by atoms with Crippen LogP contribution < -0.4 is 5.32 Å². The SMILES string of the molecule is CC(O)CCNC1CCSc2c(Cl)cccc21. The normalized spacial score (nSPS) is 21.0. The highest BCUT2D eigenvalue weighted by Crippen LogP contribution is 2.40. The molecule has 4 heteroatoms. The lowest BCUT2D eigenvalue weighted by molar-refractivity contribution is 0.182. The van der Waals surface area contributed by atoms with Gasteiger partial charge in [-0.3, -0.25) is 0 Å². The summed E-state index contributed by atoms with van der Waals surface area (Å²) in [6.07, 6.45) is 1.68. The fourth-order valence-corrected chi connectivity index (χ4v) is 3.55. The molecular formula is C13H18ClNOS. The first-order valence-electron chi connectivity index (χ1n) is 6.01. The van der Waals surface area contributed by atoms with E-state index in [1.807, 2.05) is 30.8 Å². The van der Waals surface area contributed by atoms with Crippen molar-refractivity contribution in [2.24, 2.45) is 0 Å². The summed E-state index contributed by atoms with van der Waals surface area (Å²) in [6.45, 7) is 2.67. The van der Waals surface area contributed by atoms with Crippen molar-refractivity contribution < 1.29 is 5.11 Å². The van der Waals surface area contributed by atoms with Crippen LogP contribution in [0.25, 0.3) is 0 Å². The predicted molar refractivity (Wildman–Crippen MR) is 73.8 cm³/mol. The van der Waals surface area contributed by atoms with E-state index in [4.69, 9.17) is 11.6 Å². The maximum absolute atomic E-state index is 9.26. The number of aliphatic hydroxyl groups is 1. The average Bonchev–Trinajstić information content (AvgIpc) is 2.30. The van der Waals surface area contributed by atoms with Gasteiger partial charge in [-0.1, -0.05) is 23.7 Å². The molecule has 2 unspecified atom stereocenters. The van der Waals surface area contributed by atoms with Crippen LogP contribution in [0.15, 0.2) is 23.1 Å². The van der Waals surface area contributed by atoms with E-state index >= 15 is 0 Å². The quantitative estimate of drug-likeness (QED) is 0.882. The molecule has 0 saturated heterocycles. The Bertz CT molecular complexity index is 384. The molecule has 0 radical (unpaired) electrons. The second kappa shape index (κ2) is 6.10. The first-order chi connectivity index (χ1) is 8.18. The van der Waals surface area contributed by atoms with Crippen molar-refractivity contribution in [1.82, 2.24) is 5.32 Å². The molecule has 1 aliphatic heterocycles. The third-order valence-corrected chi connectivity index (χ3v) is 4.59. The molecule has 2 nitrogen and oxygen atoms in total. The van der Waals surface area contributed by atoms with Crippen LogP contribution in [-0.2, 0) is 0 Å². The smallest absolute Gasteiger partial charge is 0.0545 e. The monoisotopic (exact) mass is 271 g/mol. The number of hydrogen-bond donors (Lipinski definition) is 2. The van der Waals surface area contributed by atoms with Crippen LogP contribution >= 0.6 is 23.4 Å². The lowest BCUT2D eigenvalue weighted by Crippen LogP contribution is -2.27. The number of aliphatic hydroxyl groups excluding tert-OH is 1. The Balaban J connectivity index is 2.04. The lowest BCUT2D eigenvalue weighted by atomic mass is 10.0. The first-order valence-corrected chi connectivity index (χ1v) is 7.37. The summed E-state index contributed by atoms with van der Waals surface area (Å²) in [5.74, 6) is 1.10. The Labute approximate surface area is 112 Å². The van der Waals surface area contributed by atoms with Crippen LogP contribution in [0.4, 0.5) is 0 Å². The minimum Gasteiger partial charge on any atom is -0.393 e. The number of thioether (sulfide) groups is 1. The summed E-state index contributed by atoms with van der Waals surface area (Å²) < 4.78 is 0. The third kappa shape index (κ3) is 3.38. The molecule has 0 amide bonds. The molecule has 0 spiro atoms. The highest BCUT2D eigenvalue weighted by atomic mass is 35.5. The van der Waals surface area contributed by atoms with Crippen LogP contribution in [0.5, 0.6) is 0 Å². The molecule has 1 aromatic rings. The van der Waals surface area contributed by atoms with E-state index in [0.717, 1.165) is 30.2 Å². The van der Waals surface area contributed by atoms with E-state index in [-0.39, 0.29) is 6.10 Å². The van der Waals surface area contributed by atoms with E-state index in [0.29, 0.717) is 6.04 Å². The van der Waals surface area contributed by atoms with Crippen LogP contribution in [0.1, 0.15) is 31.4 Å². The Kier molecular flexibility index (Phi) is 4.74. The molecule has 2 atom stereocenters. The molecule has 0 aliphatic carbocycles. The molecule has 0 bridgehead atoms. The molecule has 0 saturated carbocycles. The van der Waals surface area contributed by atoms with Crippen LogP contribution in [0.3, 0.4) is 0 Å². The third-order valence-electron chi connectivity index (χ3n) is 2.98. The van der Waals surface area contributed by atoms with Crippen molar-refractivity contribution in [3.8, 4) is 0 Å². The number of benzene rings is 1. The zero-order valence-corrected chi connectivity index (χ0v) is 11.5. The highest BCUT2D eigenvalue weighted by Gasteiger charge is 2.21. The molecule has 17 heavy (non-hydrogen) atoms. The van der Waals surface area contributed by atoms with E-state index < -0.39 is 0 Å². The lowest BCUT2D eigenvalue weighted by Gasteiger charge is -2.27. The fraction of sp³-hybridized carbons (Fsp3) is 0.538. The van der Waals surface area contributed by atoms with Gasteiger partial charge in [0.25, 0.3) is 0 Å². The van der Waals surface area contributed by atoms with Crippen molar-refractivity contribution in [3.05, 3.63) is 28.8 Å². The molecular weight excluding hydrogens is 254 g/mol. The van der Waals surface area contributed by atoms with Gasteiger partial charge in [0.2, 0.25) is 0 Å². The molecule has 2 rings (SSSR count). The van der Waals surface area contributed by atoms with Gasteiger partial charge in [-0.05, 0) is 43.7 Å². The largest absolute Gasteiger partial charge is 0.393 e. The maximum Gasteiger partial charge on any atom is 0.0545 e. The second-order valence-corrected chi connectivity index (χ2v) is 5.95. The summed E-state index contributed by atoms with van der Waals surface area (Å²) in [6, 6.07) is 6.48. The number of rotatable bonds is 4. The minimum atomic E-state index is -0.237. The Hall–Kier alpha value is -0.220. The summed E-state index contributed by atoms with van der Waals surface area (Å²) in [7, 11) is 0. The van der Waals surface area contributed by atoms with Gasteiger partial charge in [0.05, 0.1) is 11.1 Å². The van der Waals surface area contributed by atoms with E-state index in [2.05, 4.69) is 11.4 Å². The summed E-state index contributed by atoms with van der Waals surface area (Å²) in [4.78, 5) is 1.22. The van der Waals surface area contributed by atoms with Gasteiger partial charge in [0.1, 0.15) is 0 Å².